The minimum absolute atomic E-state index is 0.00807. The maximum Gasteiger partial charge on any atom is 0.437 e. The zero-order valence-corrected chi connectivity index (χ0v) is 22.2. The van der Waals surface area contributed by atoms with E-state index in [1.807, 2.05) is 10.3 Å². The van der Waals surface area contributed by atoms with Gasteiger partial charge in [0, 0.05) is 36.5 Å². The molecule has 0 spiro atoms. The lowest BCUT2D eigenvalue weighted by Gasteiger charge is -2.31. The summed E-state index contributed by atoms with van der Waals surface area (Å²) in [5.41, 5.74) is 4.61. The number of halogens is 3. The average molecular weight is 568 g/mol. The van der Waals surface area contributed by atoms with Crippen LogP contribution in [0.1, 0.15) is 36.6 Å². The van der Waals surface area contributed by atoms with Crippen LogP contribution in [0.15, 0.2) is 39.4 Å². The minimum atomic E-state index is -4.86. The molecule has 0 saturated carbocycles. The summed E-state index contributed by atoms with van der Waals surface area (Å²) in [4.78, 5) is 24.4. The van der Waals surface area contributed by atoms with E-state index in [1.54, 1.807) is 37.4 Å². The van der Waals surface area contributed by atoms with Crippen LogP contribution in [0.2, 0.25) is 0 Å². The molecule has 0 bridgehead atoms. The Labute approximate surface area is 230 Å². The largest absolute Gasteiger partial charge is 0.453 e. The normalized spacial score (nSPS) is 16.6. The molecule has 2 N–H and O–H groups in total. The van der Waals surface area contributed by atoms with Gasteiger partial charge in [-0.25, -0.2) is 14.7 Å². The Bertz CT molecular complexity index is 1760. The molecule has 1 aromatic carbocycles. The van der Waals surface area contributed by atoms with Crippen LogP contribution in [0.3, 0.4) is 0 Å². The highest BCUT2D eigenvalue weighted by atomic mass is 32.1. The number of aromatic nitrogens is 4. The van der Waals surface area contributed by atoms with Crippen LogP contribution in [0, 0.1) is 11.8 Å². The van der Waals surface area contributed by atoms with Gasteiger partial charge in [-0.3, -0.25) is 9.36 Å². The molecule has 1 atom stereocenters. The second kappa shape index (κ2) is 10.1. The maximum absolute atomic E-state index is 14.4. The van der Waals surface area contributed by atoms with Gasteiger partial charge in [0.05, 0.1) is 13.1 Å². The predicted octanol–water partition coefficient (Wildman–Crippen LogP) is 4.53. The van der Waals surface area contributed by atoms with Gasteiger partial charge in [0.15, 0.2) is 16.4 Å². The van der Waals surface area contributed by atoms with Crippen LogP contribution >= 0.6 is 11.3 Å². The first-order valence-electron chi connectivity index (χ1n) is 12.6. The van der Waals surface area contributed by atoms with Gasteiger partial charge in [-0.05, 0) is 37.3 Å². The summed E-state index contributed by atoms with van der Waals surface area (Å²) in [6.45, 7) is 2.32. The number of para-hydroxylation sites is 1. The molecular formula is C27H24F3N7O2S. The van der Waals surface area contributed by atoms with E-state index >= 15 is 0 Å². The van der Waals surface area contributed by atoms with E-state index in [4.69, 9.17) is 10.5 Å². The number of piperidine rings is 1. The molecule has 2 aliphatic heterocycles. The van der Waals surface area contributed by atoms with E-state index < -0.39 is 22.9 Å². The fourth-order valence-corrected chi connectivity index (χ4v) is 5.67. The third-order valence-corrected chi connectivity index (χ3v) is 7.64. The van der Waals surface area contributed by atoms with Crippen molar-refractivity contribution in [2.24, 2.45) is 10.7 Å². The minimum Gasteiger partial charge on any atom is -0.453 e. The van der Waals surface area contributed by atoms with E-state index in [-0.39, 0.29) is 30.6 Å². The van der Waals surface area contributed by atoms with Crippen molar-refractivity contribution in [1.29, 1.82) is 0 Å². The fourth-order valence-electron chi connectivity index (χ4n) is 5.01. The monoisotopic (exact) mass is 567 g/mol. The number of nitrogens with zero attached hydrogens (tertiary/aromatic N) is 6. The van der Waals surface area contributed by atoms with Gasteiger partial charge in [-0.15, -0.1) is 17.3 Å². The first kappa shape index (κ1) is 26.1. The van der Waals surface area contributed by atoms with Crippen LogP contribution < -0.4 is 20.9 Å². The molecule has 1 saturated heterocycles. The van der Waals surface area contributed by atoms with Gasteiger partial charge in [-0.1, -0.05) is 18.1 Å². The molecule has 2 aliphatic rings. The third-order valence-electron chi connectivity index (χ3n) is 6.84. The zero-order valence-electron chi connectivity index (χ0n) is 21.4. The zero-order chi connectivity index (χ0) is 28.0. The van der Waals surface area contributed by atoms with Crippen molar-refractivity contribution in [3.8, 4) is 23.3 Å². The molecule has 0 aliphatic carbocycles. The highest BCUT2D eigenvalue weighted by Crippen LogP contribution is 2.41. The van der Waals surface area contributed by atoms with Crippen molar-refractivity contribution in [2.45, 2.75) is 45.1 Å². The summed E-state index contributed by atoms with van der Waals surface area (Å²) in [5, 5.41) is 6.31. The lowest BCUT2D eigenvalue weighted by Crippen LogP contribution is -2.44. The number of fused-ring (bicyclic) bond motifs is 3. The van der Waals surface area contributed by atoms with Crippen molar-refractivity contribution in [2.75, 3.05) is 18.0 Å². The van der Waals surface area contributed by atoms with Crippen LogP contribution in [0.5, 0.6) is 11.5 Å². The molecule has 0 radical (unpaired) electrons. The smallest absolute Gasteiger partial charge is 0.437 e. The van der Waals surface area contributed by atoms with Crippen LogP contribution in [0.25, 0.3) is 11.0 Å². The second-order valence-corrected chi connectivity index (χ2v) is 10.5. The highest BCUT2D eigenvalue weighted by molar-refractivity contribution is 7.14. The molecule has 6 rings (SSSR count). The summed E-state index contributed by atoms with van der Waals surface area (Å²) in [7, 11) is 0. The number of aliphatic imine (C=N–C) groups is 1. The second-order valence-electron chi connectivity index (χ2n) is 9.57. The van der Waals surface area contributed by atoms with E-state index in [2.05, 4.69) is 26.9 Å². The number of imidazole rings is 1. The molecule has 13 heteroatoms. The SMILES string of the molecule is CC#CCn1c(N2CCCC(N)C2)nc2c(C(F)(F)F)nn(Cc3cccc4c3Oc3ccsc3N=C4)c(=O)c21. The standard InChI is InChI=1S/C27H24F3N7O2S/c1-2-3-11-36-21-20(33-26(36)35-10-5-8-18(31)15-35)23(27(28,29)30)34-37(25(21)38)14-17-7-4-6-16-13-32-24-19(9-12-40-24)39-22(16)17/h4,6-7,9,12-13,18H,5,8,10-11,14-15,31H2,1H3. The fraction of sp³-hybridized carbons (Fsp3) is 0.333. The maximum atomic E-state index is 14.4. The number of benzene rings is 1. The van der Waals surface area contributed by atoms with Crippen molar-refractivity contribution >= 4 is 39.5 Å². The van der Waals surface area contributed by atoms with Crippen LogP contribution in [0.4, 0.5) is 24.1 Å². The average Bonchev–Trinajstić information content (AvgIpc) is 3.48. The van der Waals surface area contributed by atoms with E-state index in [9.17, 15) is 18.0 Å². The number of nitrogens with two attached hydrogens (primary N) is 1. The number of thiophene rings is 1. The third kappa shape index (κ3) is 4.63. The quantitative estimate of drug-likeness (QED) is 0.320. The Balaban J connectivity index is 1.53. The summed E-state index contributed by atoms with van der Waals surface area (Å²) >= 11 is 1.40. The van der Waals surface area contributed by atoms with Gasteiger partial charge in [-0.2, -0.15) is 18.3 Å². The summed E-state index contributed by atoms with van der Waals surface area (Å²) in [6.07, 6.45) is -1.67. The van der Waals surface area contributed by atoms with Crippen LogP contribution in [-0.4, -0.2) is 44.7 Å². The number of anilines is 1. The van der Waals surface area contributed by atoms with Crippen molar-refractivity contribution in [3.05, 3.63) is 56.8 Å². The summed E-state index contributed by atoms with van der Waals surface area (Å²) in [5.74, 6) is 6.79. The molecule has 3 aromatic heterocycles. The van der Waals surface area contributed by atoms with Gasteiger partial charge < -0.3 is 15.4 Å². The molecule has 9 nitrogen and oxygen atoms in total. The molecule has 40 heavy (non-hydrogen) atoms. The van der Waals surface area contributed by atoms with Gasteiger partial charge in [0.2, 0.25) is 5.95 Å². The lowest BCUT2D eigenvalue weighted by atomic mass is 10.1. The summed E-state index contributed by atoms with van der Waals surface area (Å²) in [6, 6.07) is 6.82. The van der Waals surface area contributed by atoms with Crippen LogP contribution in [-0.2, 0) is 19.3 Å². The molecular weight excluding hydrogens is 543 g/mol. The van der Waals surface area contributed by atoms with E-state index in [1.165, 1.54) is 15.9 Å². The predicted molar refractivity (Wildman–Crippen MR) is 147 cm³/mol. The number of hydrogen-bond acceptors (Lipinski definition) is 8. The van der Waals surface area contributed by atoms with E-state index in [0.29, 0.717) is 40.7 Å². The number of rotatable bonds is 4. The van der Waals surface area contributed by atoms with E-state index in [0.717, 1.165) is 17.5 Å². The van der Waals surface area contributed by atoms with Crippen molar-refractivity contribution in [1.82, 2.24) is 19.3 Å². The molecule has 1 fully saturated rings. The Morgan fingerprint density at radius 2 is 2.12 bits per heavy atom. The first-order chi connectivity index (χ1) is 19.2. The number of alkyl halides is 3. The first-order valence-corrected chi connectivity index (χ1v) is 13.5. The molecule has 206 valence electrons. The Kier molecular flexibility index (Phi) is 6.59. The Hall–Kier alpha value is -4.15. The Morgan fingerprint density at radius 3 is 2.90 bits per heavy atom. The summed E-state index contributed by atoms with van der Waals surface area (Å²) < 4.78 is 51.6. The van der Waals surface area contributed by atoms with Gasteiger partial charge in [0.25, 0.3) is 5.56 Å². The molecule has 4 aromatic rings. The molecule has 1 unspecified atom stereocenters. The number of hydrogen-bond donors (Lipinski definition) is 1. The van der Waals surface area contributed by atoms with Crippen molar-refractivity contribution < 1.29 is 17.9 Å². The van der Waals surface area contributed by atoms with Gasteiger partial charge in [0.1, 0.15) is 16.8 Å². The van der Waals surface area contributed by atoms with Gasteiger partial charge >= 0.3 is 6.18 Å². The molecule has 0 amide bonds. The topological polar surface area (TPSA) is 104 Å². The lowest BCUT2D eigenvalue weighted by molar-refractivity contribution is -0.141. The highest BCUT2D eigenvalue weighted by Gasteiger charge is 2.39. The van der Waals surface area contributed by atoms with Crippen molar-refractivity contribution in [3.63, 3.8) is 0 Å². The Morgan fingerprint density at radius 1 is 1.27 bits per heavy atom. The number of ether oxygens (including phenoxy) is 1. The molecule has 5 heterocycles.